The Morgan fingerprint density at radius 2 is 1.89 bits per heavy atom. The first-order valence-corrected chi connectivity index (χ1v) is 7.48. The van der Waals surface area contributed by atoms with Gasteiger partial charge in [0.05, 0.1) is 6.61 Å². The van der Waals surface area contributed by atoms with Crippen LogP contribution >= 0.6 is 15.9 Å². The van der Waals surface area contributed by atoms with Crippen molar-refractivity contribution in [2.75, 3.05) is 39.3 Å². The lowest BCUT2D eigenvalue weighted by atomic mass is 10.2. The van der Waals surface area contributed by atoms with Gasteiger partial charge in [-0.2, -0.15) is 0 Å². The van der Waals surface area contributed by atoms with Crippen LogP contribution in [0.3, 0.4) is 0 Å². The quantitative estimate of drug-likeness (QED) is 0.915. The molecule has 0 atom stereocenters. The number of halogens is 2. The van der Waals surface area contributed by atoms with Gasteiger partial charge in [-0.1, -0.05) is 15.9 Å². The van der Waals surface area contributed by atoms with E-state index in [-0.39, 0.29) is 12.4 Å². The van der Waals surface area contributed by atoms with Gasteiger partial charge in [0, 0.05) is 36.2 Å². The van der Waals surface area contributed by atoms with Gasteiger partial charge in [-0.3, -0.25) is 9.80 Å². The molecule has 1 aromatic carbocycles. The molecule has 19 heavy (non-hydrogen) atoms. The average molecular weight is 331 g/mol. The normalized spacial score (nSPS) is 18.5. The molecular weight excluding hydrogens is 311 g/mol. The van der Waals surface area contributed by atoms with Gasteiger partial charge in [-0.05, 0) is 37.7 Å². The summed E-state index contributed by atoms with van der Waals surface area (Å²) in [5.41, 5.74) is 0.741. The van der Waals surface area contributed by atoms with E-state index in [1.54, 1.807) is 6.07 Å². The molecule has 1 fully saturated rings. The summed E-state index contributed by atoms with van der Waals surface area (Å²) in [6.07, 6.45) is 1.07. The highest BCUT2D eigenvalue weighted by Gasteiger charge is 2.15. The Kier molecular flexibility index (Phi) is 5.76. The van der Waals surface area contributed by atoms with Crippen LogP contribution in [-0.2, 0) is 6.54 Å². The second kappa shape index (κ2) is 7.33. The Bertz CT molecular complexity index is 416. The molecule has 0 aliphatic carbocycles. The molecule has 1 aliphatic rings. The molecule has 0 radical (unpaired) electrons. The zero-order chi connectivity index (χ0) is 13.7. The molecule has 2 rings (SSSR count). The third kappa shape index (κ3) is 4.53. The molecular formula is C14H20BrFN2O. The van der Waals surface area contributed by atoms with Crippen LogP contribution in [0.25, 0.3) is 0 Å². The number of aliphatic hydroxyl groups excluding tert-OH is 1. The van der Waals surface area contributed by atoms with E-state index in [2.05, 4.69) is 25.7 Å². The largest absolute Gasteiger partial charge is 0.395 e. The van der Waals surface area contributed by atoms with Crippen LogP contribution < -0.4 is 0 Å². The molecule has 106 valence electrons. The molecule has 3 nitrogen and oxygen atoms in total. The van der Waals surface area contributed by atoms with E-state index < -0.39 is 0 Å². The Hall–Kier alpha value is -0.490. The molecule has 0 unspecified atom stereocenters. The van der Waals surface area contributed by atoms with E-state index in [1.165, 1.54) is 6.07 Å². The van der Waals surface area contributed by atoms with Crippen molar-refractivity contribution >= 4 is 15.9 Å². The lowest BCUT2D eigenvalue weighted by Crippen LogP contribution is -2.32. The number of nitrogens with zero attached hydrogens (tertiary/aromatic N) is 2. The van der Waals surface area contributed by atoms with Crippen LogP contribution in [0.1, 0.15) is 12.0 Å². The van der Waals surface area contributed by atoms with Gasteiger partial charge in [0.15, 0.2) is 0 Å². The zero-order valence-corrected chi connectivity index (χ0v) is 12.6. The predicted octanol–water partition coefficient (Wildman–Crippen LogP) is 2.09. The Labute approximate surface area is 122 Å². The smallest absolute Gasteiger partial charge is 0.127 e. The van der Waals surface area contributed by atoms with Gasteiger partial charge in [0.1, 0.15) is 5.82 Å². The van der Waals surface area contributed by atoms with Gasteiger partial charge >= 0.3 is 0 Å². The number of β-amino-alcohol motifs (C(OH)–C–C–N with tert-alkyl or cyclic N) is 1. The summed E-state index contributed by atoms with van der Waals surface area (Å²) in [6, 6.07) is 5.09. The van der Waals surface area contributed by atoms with Crippen molar-refractivity contribution in [3.63, 3.8) is 0 Å². The molecule has 0 saturated carbocycles. The summed E-state index contributed by atoms with van der Waals surface area (Å²) in [7, 11) is 0. The fourth-order valence-electron chi connectivity index (χ4n) is 2.45. The van der Waals surface area contributed by atoms with Crippen molar-refractivity contribution < 1.29 is 9.50 Å². The minimum Gasteiger partial charge on any atom is -0.395 e. The zero-order valence-electron chi connectivity index (χ0n) is 11.0. The highest BCUT2D eigenvalue weighted by atomic mass is 79.9. The second-order valence-electron chi connectivity index (χ2n) is 4.93. The highest BCUT2D eigenvalue weighted by Crippen LogP contribution is 2.18. The minimum atomic E-state index is -0.139. The third-order valence-corrected chi connectivity index (χ3v) is 3.99. The summed E-state index contributed by atoms with van der Waals surface area (Å²) < 4.78 is 14.6. The lowest BCUT2D eigenvalue weighted by molar-refractivity contribution is 0.195. The maximum absolute atomic E-state index is 13.7. The van der Waals surface area contributed by atoms with Crippen molar-refractivity contribution in [1.82, 2.24) is 9.80 Å². The van der Waals surface area contributed by atoms with Crippen LogP contribution in [0.15, 0.2) is 22.7 Å². The summed E-state index contributed by atoms with van der Waals surface area (Å²) in [5, 5.41) is 8.97. The van der Waals surface area contributed by atoms with Crippen molar-refractivity contribution in [3.8, 4) is 0 Å². The average Bonchev–Trinajstić information content (AvgIpc) is 2.60. The van der Waals surface area contributed by atoms with Gasteiger partial charge in [0.2, 0.25) is 0 Å². The van der Waals surface area contributed by atoms with Gasteiger partial charge in [0.25, 0.3) is 0 Å². The van der Waals surface area contributed by atoms with Crippen LogP contribution in [0.5, 0.6) is 0 Å². The first kappa shape index (κ1) is 14.9. The summed E-state index contributed by atoms with van der Waals surface area (Å²) in [4.78, 5) is 4.54. The molecule has 5 heteroatoms. The second-order valence-corrected chi connectivity index (χ2v) is 5.85. The Morgan fingerprint density at radius 1 is 1.16 bits per heavy atom. The number of rotatable bonds is 4. The topological polar surface area (TPSA) is 26.7 Å². The van der Waals surface area contributed by atoms with E-state index in [1.807, 2.05) is 6.07 Å². The van der Waals surface area contributed by atoms with Crippen LogP contribution in [-0.4, -0.2) is 54.2 Å². The Morgan fingerprint density at radius 3 is 2.68 bits per heavy atom. The van der Waals surface area contributed by atoms with Crippen molar-refractivity contribution in [2.45, 2.75) is 13.0 Å². The molecule has 0 bridgehead atoms. The molecule has 1 heterocycles. The maximum Gasteiger partial charge on any atom is 0.127 e. The molecule has 0 amide bonds. The van der Waals surface area contributed by atoms with Gasteiger partial charge < -0.3 is 5.11 Å². The predicted molar refractivity (Wildman–Crippen MR) is 77.5 cm³/mol. The van der Waals surface area contributed by atoms with Crippen molar-refractivity contribution in [1.29, 1.82) is 0 Å². The highest BCUT2D eigenvalue weighted by molar-refractivity contribution is 9.10. The molecule has 0 aromatic heterocycles. The number of hydrogen-bond acceptors (Lipinski definition) is 3. The molecule has 1 aromatic rings. The van der Waals surface area contributed by atoms with Gasteiger partial charge in [-0.25, -0.2) is 4.39 Å². The Balaban J connectivity index is 1.94. The van der Waals surface area contributed by atoms with Crippen LogP contribution in [0, 0.1) is 5.82 Å². The van der Waals surface area contributed by atoms with Crippen molar-refractivity contribution in [2.24, 2.45) is 0 Å². The fourth-order valence-corrected chi connectivity index (χ4v) is 2.86. The van der Waals surface area contributed by atoms with Gasteiger partial charge in [-0.15, -0.1) is 0 Å². The summed E-state index contributed by atoms with van der Waals surface area (Å²) in [6.45, 7) is 5.45. The maximum atomic E-state index is 13.7. The third-order valence-electron chi connectivity index (χ3n) is 3.50. The molecule has 1 aliphatic heterocycles. The SMILES string of the molecule is OCCN1CCCN(Cc2cc(Br)ccc2F)CC1. The number of benzene rings is 1. The van der Waals surface area contributed by atoms with E-state index in [9.17, 15) is 4.39 Å². The first-order valence-electron chi connectivity index (χ1n) is 6.68. The first-order chi connectivity index (χ1) is 9.19. The molecule has 1 N–H and O–H groups in total. The molecule has 1 saturated heterocycles. The number of aliphatic hydroxyl groups is 1. The minimum absolute atomic E-state index is 0.139. The lowest BCUT2D eigenvalue weighted by Gasteiger charge is -2.21. The van der Waals surface area contributed by atoms with E-state index in [4.69, 9.17) is 5.11 Å². The fraction of sp³-hybridized carbons (Fsp3) is 0.571. The van der Waals surface area contributed by atoms with Crippen LogP contribution in [0.4, 0.5) is 4.39 Å². The van der Waals surface area contributed by atoms with E-state index in [0.717, 1.165) is 49.2 Å². The van der Waals surface area contributed by atoms with Crippen molar-refractivity contribution in [3.05, 3.63) is 34.1 Å². The summed E-state index contributed by atoms with van der Waals surface area (Å²) in [5.74, 6) is -0.139. The summed E-state index contributed by atoms with van der Waals surface area (Å²) >= 11 is 3.39. The van der Waals surface area contributed by atoms with Crippen LogP contribution in [0.2, 0.25) is 0 Å². The monoisotopic (exact) mass is 330 g/mol. The van der Waals surface area contributed by atoms with E-state index in [0.29, 0.717) is 6.54 Å². The number of hydrogen-bond donors (Lipinski definition) is 1. The van der Waals surface area contributed by atoms with E-state index >= 15 is 0 Å². The molecule has 0 spiro atoms. The standard InChI is InChI=1S/C14H20BrFN2O/c15-13-2-3-14(16)12(10-13)11-18-5-1-4-17(6-7-18)8-9-19/h2-3,10,19H,1,4-9,11H2.